The summed E-state index contributed by atoms with van der Waals surface area (Å²) < 4.78 is 49.3. The summed E-state index contributed by atoms with van der Waals surface area (Å²) in [6, 6.07) is 2.94. The van der Waals surface area contributed by atoms with Gasteiger partial charge < -0.3 is 19.7 Å². The quantitative estimate of drug-likeness (QED) is 0.704. The molecule has 2 amide bonds. The fourth-order valence-electron chi connectivity index (χ4n) is 2.78. The van der Waals surface area contributed by atoms with Gasteiger partial charge in [-0.1, -0.05) is 0 Å². The maximum atomic E-state index is 13.0. The molecule has 1 saturated heterocycles. The van der Waals surface area contributed by atoms with E-state index in [9.17, 15) is 22.8 Å². The summed E-state index contributed by atoms with van der Waals surface area (Å²) in [6.45, 7) is 3.96. The van der Waals surface area contributed by atoms with Crippen molar-refractivity contribution >= 4 is 17.5 Å². The number of methoxy groups -OCH3 is 1. The predicted molar refractivity (Wildman–Crippen MR) is 96.1 cm³/mol. The Labute approximate surface area is 161 Å². The highest BCUT2D eigenvalue weighted by atomic mass is 19.4. The molecule has 1 fully saturated rings. The number of anilines is 1. The lowest BCUT2D eigenvalue weighted by Gasteiger charge is -2.33. The van der Waals surface area contributed by atoms with Crippen molar-refractivity contribution in [2.45, 2.75) is 13.1 Å². The van der Waals surface area contributed by atoms with Crippen LogP contribution in [-0.2, 0) is 20.5 Å². The van der Waals surface area contributed by atoms with E-state index in [0.29, 0.717) is 26.2 Å². The number of piperazine rings is 1. The van der Waals surface area contributed by atoms with Crippen LogP contribution in [0.25, 0.3) is 0 Å². The Hall–Kier alpha value is -2.33. The number of amides is 2. The number of hydrogen-bond acceptors (Lipinski definition) is 5. The first-order valence-electron chi connectivity index (χ1n) is 8.81. The van der Waals surface area contributed by atoms with Crippen molar-refractivity contribution in [2.75, 3.05) is 58.4 Å². The predicted octanol–water partition coefficient (Wildman–Crippen LogP) is 1.83. The summed E-state index contributed by atoms with van der Waals surface area (Å²) in [5.74, 6) is -0.335. The number of carbonyl (C=O) groups excluding carboxylic acids is 2. The third-order valence-electron chi connectivity index (χ3n) is 4.31. The monoisotopic (exact) mass is 403 g/mol. The average molecular weight is 403 g/mol. The highest BCUT2D eigenvalue weighted by molar-refractivity contribution is 5.93. The van der Waals surface area contributed by atoms with Gasteiger partial charge in [-0.15, -0.1) is 0 Å². The van der Waals surface area contributed by atoms with Crippen molar-refractivity contribution in [3.05, 3.63) is 23.8 Å². The maximum absolute atomic E-state index is 13.0. The number of halogens is 3. The molecule has 0 radical (unpaired) electrons. The van der Waals surface area contributed by atoms with E-state index in [2.05, 4.69) is 5.32 Å². The van der Waals surface area contributed by atoms with Gasteiger partial charge in [0.25, 0.3) is 0 Å². The molecule has 0 bridgehead atoms. The Kier molecular flexibility index (Phi) is 7.64. The van der Waals surface area contributed by atoms with Gasteiger partial charge in [-0.25, -0.2) is 0 Å². The van der Waals surface area contributed by atoms with Crippen molar-refractivity contribution in [2.24, 2.45) is 0 Å². The molecule has 1 aliphatic heterocycles. The normalized spacial score (nSPS) is 15.4. The highest BCUT2D eigenvalue weighted by Gasteiger charge is 2.31. The van der Waals surface area contributed by atoms with E-state index in [-0.39, 0.29) is 37.1 Å². The van der Waals surface area contributed by atoms with Crippen LogP contribution in [0.1, 0.15) is 12.5 Å². The molecule has 28 heavy (non-hydrogen) atoms. The molecule has 0 aromatic heterocycles. The Balaban J connectivity index is 2.03. The third-order valence-corrected chi connectivity index (χ3v) is 4.31. The number of ether oxygens (including phenoxy) is 2. The number of carbonyl (C=O) groups is 2. The van der Waals surface area contributed by atoms with Crippen LogP contribution in [-0.4, -0.2) is 74.7 Å². The van der Waals surface area contributed by atoms with Crippen LogP contribution in [0.4, 0.5) is 18.9 Å². The number of hydrogen-bond donors (Lipinski definition) is 1. The minimum absolute atomic E-state index is 0.0134. The summed E-state index contributed by atoms with van der Waals surface area (Å²) in [7, 11) is 1.48. The number of benzene rings is 1. The fraction of sp³-hybridized carbons (Fsp3) is 0.556. The van der Waals surface area contributed by atoms with Gasteiger partial charge in [-0.2, -0.15) is 13.2 Å². The number of nitrogens with zero attached hydrogens (tertiary/aromatic N) is 2. The first-order chi connectivity index (χ1) is 13.2. The molecular formula is C18H24F3N3O4. The van der Waals surface area contributed by atoms with Crippen LogP contribution in [0.5, 0.6) is 5.75 Å². The summed E-state index contributed by atoms with van der Waals surface area (Å²) >= 11 is 0. The molecule has 1 aromatic rings. The molecule has 1 N–H and O–H groups in total. The van der Waals surface area contributed by atoms with Gasteiger partial charge in [0.2, 0.25) is 11.8 Å². The van der Waals surface area contributed by atoms with E-state index in [0.717, 1.165) is 12.1 Å². The van der Waals surface area contributed by atoms with Crippen LogP contribution in [0, 0.1) is 0 Å². The Morgan fingerprint density at radius 3 is 2.39 bits per heavy atom. The minimum atomic E-state index is -4.53. The molecule has 10 heteroatoms. The van der Waals surface area contributed by atoms with Crippen LogP contribution in [0.2, 0.25) is 0 Å². The SMILES string of the molecule is COCCOc1ccc(C(F)(F)F)cc1NC(=O)CN1CCN(C(C)=O)CC1. The smallest absolute Gasteiger partial charge is 0.416 e. The zero-order valence-electron chi connectivity index (χ0n) is 15.8. The summed E-state index contributed by atoms with van der Waals surface area (Å²) in [6.07, 6.45) is -4.53. The Morgan fingerprint density at radius 1 is 1.14 bits per heavy atom. The fourth-order valence-corrected chi connectivity index (χ4v) is 2.78. The van der Waals surface area contributed by atoms with Crippen molar-refractivity contribution in [1.29, 1.82) is 0 Å². The van der Waals surface area contributed by atoms with E-state index >= 15 is 0 Å². The van der Waals surface area contributed by atoms with Crippen molar-refractivity contribution < 1.29 is 32.2 Å². The molecule has 1 aliphatic rings. The molecule has 0 unspecified atom stereocenters. The van der Waals surface area contributed by atoms with Gasteiger partial charge >= 0.3 is 6.18 Å². The first-order valence-corrected chi connectivity index (χ1v) is 8.81. The number of alkyl halides is 3. The van der Waals surface area contributed by atoms with Gasteiger partial charge in [0.15, 0.2) is 0 Å². The molecule has 0 atom stereocenters. The second kappa shape index (κ2) is 9.74. The van der Waals surface area contributed by atoms with Gasteiger partial charge in [0.05, 0.1) is 24.4 Å². The van der Waals surface area contributed by atoms with Crippen molar-refractivity contribution in [3.8, 4) is 5.75 Å². The standard InChI is InChI=1S/C18H24F3N3O4/c1-13(25)24-7-5-23(6-8-24)12-17(26)22-15-11-14(18(19,20)21)3-4-16(15)28-10-9-27-2/h3-4,11H,5-10,12H2,1-2H3,(H,22,26). The van der Waals surface area contributed by atoms with E-state index in [1.807, 2.05) is 4.90 Å². The minimum Gasteiger partial charge on any atom is -0.489 e. The zero-order valence-corrected chi connectivity index (χ0v) is 15.8. The molecule has 1 heterocycles. The van der Waals surface area contributed by atoms with Crippen LogP contribution in [0.3, 0.4) is 0 Å². The number of rotatable bonds is 7. The molecule has 0 saturated carbocycles. The third kappa shape index (κ3) is 6.38. The second-order valence-corrected chi connectivity index (χ2v) is 6.38. The Morgan fingerprint density at radius 2 is 1.82 bits per heavy atom. The molecule has 1 aromatic carbocycles. The highest BCUT2D eigenvalue weighted by Crippen LogP contribution is 2.35. The van der Waals surface area contributed by atoms with Crippen molar-refractivity contribution in [3.63, 3.8) is 0 Å². The zero-order chi connectivity index (χ0) is 20.7. The first kappa shape index (κ1) is 22.0. The van der Waals surface area contributed by atoms with Crippen molar-refractivity contribution in [1.82, 2.24) is 9.80 Å². The summed E-state index contributed by atoms with van der Waals surface area (Å²) in [5, 5.41) is 2.50. The summed E-state index contributed by atoms with van der Waals surface area (Å²) in [4.78, 5) is 27.2. The van der Waals surface area contributed by atoms with Gasteiger partial charge in [0, 0.05) is 40.2 Å². The molecule has 2 rings (SSSR count). The maximum Gasteiger partial charge on any atom is 0.416 e. The van der Waals surface area contributed by atoms with E-state index in [4.69, 9.17) is 9.47 Å². The van der Waals surface area contributed by atoms with E-state index < -0.39 is 17.6 Å². The lowest BCUT2D eigenvalue weighted by atomic mass is 10.1. The van der Waals surface area contributed by atoms with E-state index in [1.165, 1.54) is 20.1 Å². The van der Waals surface area contributed by atoms with Gasteiger partial charge in [0.1, 0.15) is 12.4 Å². The molecule has 7 nitrogen and oxygen atoms in total. The topological polar surface area (TPSA) is 71.1 Å². The molecule has 156 valence electrons. The lowest BCUT2D eigenvalue weighted by molar-refractivity contribution is -0.137. The Bertz CT molecular complexity index is 689. The molecule has 0 spiro atoms. The van der Waals surface area contributed by atoms with Gasteiger partial charge in [-0.05, 0) is 18.2 Å². The lowest BCUT2D eigenvalue weighted by Crippen LogP contribution is -2.49. The number of nitrogens with one attached hydrogen (secondary N) is 1. The van der Waals surface area contributed by atoms with Gasteiger partial charge in [-0.3, -0.25) is 14.5 Å². The largest absolute Gasteiger partial charge is 0.489 e. The van der Waals surface area contributed by atoms with Crippen LogP contribution in [0.15, 0.2) is 18.2 Å². The molecular weight excluding hydrogens is 379 g/mol. The second-order valence-electron chi connectivity index (χ2n) is 6.38. The molecule has 0 aliphatic carbocycles. The average Bonchev–Trinajstić information content (AvgIpc) is 2.62. The summed E-state index contributed by atoms with van der Waals surface area (Å²) in [5.41, 5.74) is -0.921. The van der Waals surface area contributed by atoms with Crippen LogP contribution < -0.4 is 10.1 Å². The van der Waals surface area contributed by atoms with Crippen LogP contribution >= 0.6 is 0 Å². The van der Waals surface area contributed by atoms with E-state index in [1.54, 1.807) is 4.90 Å².